The van der Waals surface area contributed by atoms with E-state index in [-0.39, 0.29) is 0 Å². The highest BCUT2D eigenvalue weighted by Crippen LogP contribution is 2.27. The number of aromatic nitrogens is 2. The van der Waals surface area contributed by atoms with Crippen LogP contribution in [0, 0.1) is 12.8 Å². The molecule has 1 fully saturated rings. The number of nitrogens with zero attached hydrogens (tertiary/aromatic N) is 2. The van der Waals surface area contributed by atoms with Crippen LogP contribution in [0.25, 0.3) is 0 Å². The van der Waals surface area contributed by atoms with Crippen LogP contribution < -0.4 is 5.32 Å². The zero-order valence-electron chi connectivity index (χ0n) is 11.2. The summed E-state index contributed by atoms with van der Waals surface area (Å²) in [6, 6.07) is 2.06. The molecule has 1 saturated carbocycles. The van der Waals surface area contributed by atoms with Gasteiger partial charge >= 0.3 is 0 Å². The van der Waals surface area contributed by atoms with Gasteiger partial charge in [0.2, 0.25) is 0 Å². The van der Waals surface area contributed by atoms with Crippen LogP contribution in [-0.4, -0.2) is 21.9 Å². The van der Waals surface area contributed by atoms with E-state index in [9.17, 15) is 0 Å². The highest BCUT2D eigenvalue weighted by atomic mass is 35.5. The van der Waals surface area contributed by atoms with Crippen LogP contribution in [-0.2, 0) is 6.42 Å². The minimum Gasteiger partial charge on any atom is -0.370 e. The van der Waals surface area contributed by atoms with Crippen LogP contribution in [0.4, 0.5) is 5.82 Å². The van der Waals surface area contributed by atoms with Crippen molar-refractivity contribution in [1.82, 2.24) is 9.97 Å². The zero-order chi connectivity index (χ0) is 13.0. The molecule has 0 radical (unpaired) electrons. The van der Waals surface area contributed by atoms with Crippen LogP contribution in [0.5, 0.6) is 0 Å². The SMILES string of the molecule is CCc1cc(NCC2CCC(Cl)CC2)nc(C)n1. The molecule has 1 heterocycles. The lowest BCUT2D eigenvalue weighted by Crippen LogP contribution is -2.21. The highest BCUT2D eigenvalue weighted by Gasteiger charge is 2.19. The summed E-state index contributed by atoms with van der Waals surface area (Å²) in [5, 5.41) is 3.85. The van der Waals surface area contributed by atoms with E-state index in [2.05, 4.69) is 28.3 Å². The Morgan fingerprint density at radius 2 is 2.00 bits per heavy atom. The van der Waals surface area contributed by atoms with E-state index in [1.54, 1.807) is 0 Å². The van der Waals surface area contributed by atoms with Gasteiger partial charge in [-0.15, -0.1) is 11.6 Å². The number of rotatable bonds is 4. The lowest BCUT2D eigenvalue weighted by atomic mass is 9.89. The number of aryl methyl sites for hydroxylation is 2. The van der Waals surface area contributed by atoms with Crippen molar-refractivity contribution in [2.24, 2.45) is 5.92 Å². The first kappa shape index (κ1) is 13.6. The Hall–Kier alpha value is -0.830. The maximum Gasteiger partial charge on any atom is 0.129 e. The van der Waals surface area contributed by atoms with Crippen LogP contribution in [0.2, 0.25) is 0 Å². The minimum absolute atomic E-state index is 0.397. The molecule has 1 aromatic rings. The first-order valence-corrected chi connectivity index (χ1v) is 7.33. The summed E-state index contributed by atoms with van der Waals surface area (Å²) >= 11 is 6.12. The molecule has 0 amide bonds. The molecule has 1 aliphatic carbocycles. The largest absolute Gasteiger partial charge is 0.370 e. The van der Waals surface area contributed by atoms with Crippen molar-refractivity contribution < 1.29 is 0 Å². The maximum absolute atomic E-state index is 6.12. The molecule has 0 atom stereocenters. The number of hydrogen-bond donors (Lipinski definition) is 1. The average Bonchev–Trinajstić information content (AvgIpc) is 2.37. The predicted molar refractivity (Wildman–Crippen MR) is 76.2 cm³/mol. The Morgan fingerprint density at radius 3 is 2.67 bits per heavy atom. The predicted octanol–water partition coefficient (Wildman–Crippen LogP) is 3.56. The van der Waals surface area contributed by atoms with Gasteiger partial charge in [-0.25, -0.2) is 9.97 Å². The van der Waals surface area contributed by atoms with E-state index in [0.29, 0.717) is 5.38 Å². The van der Waals surface area contributed by atoms with Crippen molar-refractivity contribution in [1.29, 1.82) is 0 Å². The fourth-order valence-corrected chi connectivity index (χ4v) is 2.73. The summed E-state index contributed by atoms with van der Waals surface area (Å²) in [7, 11) is 0. The van der Waals surface area contributed by atoms with Gasteiger partial charge in [-0.05, 0) is 44.9 Å². The van der Waals surface area contributed by atoms with Crippen LogP contribution in [0.1, 0.15) is 44.1 Å². The van der Waals surface area contributed by atoms with Gasteiger partial charge in [0, 0.05) is 23.7 Å². The van der Waals surface area contributed by atoms with Gasteiger partial charge in [-0.1, -0.05) is 6.92 Å². The molecule has 3 nitrogen and oxygen atoms in total. The lowest BCUT2D eigenvalue weighted by Gasteiger charge is -2.25. The lowest BCUT2D eigenvalue weighted by molar-refractivity contribution is 0.377. The van der Waals surface area contributed by atoms with Crippen molar-refractivity contribution in [2.75, 3.05) is 11.9 Å². The Bertz CT molecular complexity index is 387. The fourth-order valence-electron chi connectivity index (χ4n) is 2.48. The molecule has 1 aliphatic rings. The fraction of sp³-hybridized carbons (Fsp3) is 0.714. The van der Waals surface area contributed by atoms with Crippen molar-refractivity contribution >= 4 is 17.4 Å². The third-order valence-corrected chi connectivity index (χ3v) is 4.04. The number of hydrogen-bond acceptors (Lipinski definition) is 3. The quantitative estimate of drug-likeness (QED) is 0.848. The van der Waals surface area contributed by atoms with Crippen LogP contribution in [0.3, 0.4) is 0 Å². The third kappa shape index (κ3) is 3.84. The molecule has 4 heteroatoms. The van der Waals surface area contributed by atoms with Gasteiger partial charge in [0.1, 0.15) is 11.6 Å². The maximum atomic E-state index is 6.12. The molecule has 0 unspecified atom stereocenters. The van der Waals surface area contributed by atoms with E-state index in [0.717, 1.165) is 49.1 Å². The first-order chi connectivity index (χ1) is 8.67. The average molecular weight is 268 g/mol. The Morgan fingerprint density at radius 1 is 1.28 bits per heavy atom. The summed E-state index contributed by atoms with van der Waals surface area (Å²) in [4.78, 5) is 8.82. The van der Waals surface area contributed by atoms with E-state index in [1.807, 2.05) is 6.92 Å². The number of anilines is 1. The molecule has 0 aliphatic heterocycles. The normalized spacial score (nSPS) is 23.9. The topological polar surface area (TPSA) is 37.8 Å². The van der Waals surface area contributed by atoms with Crippen molar-refractivity contribution in [3.05, 3.63) is 17.6 Å². The molecule has 1 aromatic heterocycles. The Kier molecular flexibility index (Phi) is 4.81. The molecular weight excluding hydrogens is 246 g/mol. The van der Waals surface area contributed by atoms with E-state index in [4.69, 9.17) is 11.6 Å². The summed E-state index contributed by atoms with van der Waals surface area (Å²) in [5.74, 6) is 2.55. The van der Waals surface area contributed by atoms with Crippen LogP contribution >= 0.6 is 11.6 Å². The van der Waals surface area contributed by atoms with E-state index in [1.165, 1.54) is 12.8 Å². The second kappa shape index (κ2) is 6.37. The Labute approximate surface area is 114 Å². The van der Waals surface area contributed by atoms with Gasteiger partial charge in [0.05, 0.1) is 0 Å². The van der Waals surface area contributed by atoms with Crippen molar-refractivity contribution in [3.63, 3.8) is 0 Å². The van der Waals surface area contributed by atoms with E-state index >= 15 is 0 Å². The second-order valence-corrected chi connectivity index (χ2v) is 5.76. The standard InChI is InChI=1S/C14H22ClN3/c1-3-13-8-14(18-10(2)17-13)16-9-11-4-6-12(15)7-5-11/h8,11-12H,3-7,9H2,1-2H3,(H,16,17,18). The van der Waals surface area contributed by atoms with Crippen molar-refractivity contribution in [2.45, 2.75) is 51.3 Å². The smallest absolute Gasteiger partial charge is 0.129 e. The van der Waals surface area contributed by atoms with Gasteiger partial charge in [-0.3, -0.25) is 0 Å². The molecular formula is C14H22ClN3. The summed E-state index contributed by atoms with van der Waals surface area (Å²) in [6.07, 6.45) is 5.71. The molecule has 0 bridgehead atoms. The van der Waals surface area contributed by atoms with Gasteiger partial charge in [-0.2, -0.15) is 0 Å². The molecule has 100 valence electrons. The molecule has 2 rings (SSSR count). The summed E-state index contributed by atoms with van der Waals surface area (Å²) < 4.78 is 0. The van der Waals surface area contributed by atoms with Gasteiger partial charge in [0.25, 0.3) is 0 Å². The number of alkyl halides is 1. The molecule has 0 aromatic carbocycles. The third-order valence-electron chi connectivity index (χ3n) is 3.60. The molecule has 1 N–H and O–H groups in total. The van der Waals surface area contributed by atoms with Crippen LogP contribution in [0.15, 0.2) is 6.07 Å². The summed E-state index contributed by atoms with van der Waals surface area (Å²) in [5.41, 5.74) is 1.11. The van der Waals surface area contributed by atoms with Gasteiger partial charge in [0.15, 0.2) is 0 Å². The van der Waals surface area contributed by atoms with E-state index < -0.39 is 0 Å². The molecule has 0 spiro atoms. The van der Waals surface area contributed by atoms with Crippen molar-refractivity contribution in [3.8, 4) is 0 Å². The first-order valence-electron chi connectivity index (χ1n) is 6.90. The second-order valence-electron chi connectivity index (χ2n) is 5.14. The summed E-state index contributed by atoms with van der Waals surface area (Å²) in [6.45, 7) is 5.07. The minimum atomic E-state index is 0.397. The Balaban J connectivity index is 1.88. The zero-order valence-corrected chi connectivity index (χ0v) is 12.0. The van der Waals surface area contributed by atoms with Gasteiger partial charge < -0.3 is 5.32 Å². The highest BCUT2D eigenvalue weighted by molar-refractivity contribution is 6.20. The molecule has 18 heavy (non-hydrogen) atoms. The number of halogens is 1. The monoisotopic (exact) mass is 267 g/mol. The number of nitrogens with one attached hydrogen (secondary N) is 1. The molecule has 0 saturated heterocycles.